The van der Waals surface area contributed by atoms with Crippen molar-refractivity contribution < 1.29 is 40.9 Å². The molecule has 0 fully saturated rings. The van der Waals surface area contributed by atoms with Gasteiger partial charge in [0.2, 0.25) is 0 Å². The van der Waals surface area contributed by atoms with Gasteiger partial charge in [0, 0.05) is 0 Å². The maximum absolute atomic E-state index is 11.4. The summed E-state index contributed by atoms with van der Waals surface area (Å²) in [5.41, 5.74) is 11.7. The van der Waals surface area contributed by atoms with E-state index in [1.807, 2.05) is 0 Å². The third kappa shape index (κ3) is 9.32. The van der Waals surface area contributed by atoms with Crippen molar-refractivity contribution in [2.45, 2.75) is 84.1 Å². The quantitative estimate of drug-likeness (QED) is 0.264. The predicted octanol–water partition coefficient (Wildman–Crippen LogP) is -0.782. The molecule has 0 rings (SSSR count). The Morgan fingerprint density at radius 2 is 1.55 bits per heavy atom. The van der Waals surface area contributed by atoms with Crippen molar-refractivity contribution in [3.8, 4) is 0 Å². The second kappa shape index (κ2) is 13.0. The number of carboxylic acids is 1. The molecule has 116 valence electrons. The number of carboxylic acid groups (broad SMARTS) is 1. The Morgan fingerprint density at radius 3 is 1.95 bits per heavy atom. The molecular formula is C14H32N3NaO2. The summed E-state index contributed by atoms with van der Waals surface area (Å²) in [5.74, 6) is -0.830. The number of carbonyl (C=O) groups is 1. The van der Waals surface area contributed by atoms with Crippen LogP contribution in [0.2, 0.25) is 0 Å². The van der Waals surface area contributed by atoms with E-state index in [-0.39, 0.29) is 43.3 Å². The average Bonchev–Trinajstić information content (AvgIpc) is 2.30. The molecule has 20 heavy (non-hydrogen) atoms. The molecule has 0 aliphatic rings. The van der Waals surface area contributed by atoms with E-state index in [2.05, 4.69) is 6.92 Å². The van der Waals surface area contributed by atoms with Crippen LogP contribution in [0.15, 0.2) is 0 Å². The monoisotopic (exact) mass is 297 g/mol. The van der Waals surface area contributed by atoms with Gasteiger partial charge < -0.3 is 18.0 Å². The van der Waals surface area contributed by atoms with E-state index in [0.29, 0.717) is 6.42 Å². The molecule has 0 saturated heterocycles. The van der Waals surface area contributed by atoms with Gasteiger partial charge in [-0.15, -0.1) is 0 Å². The van der Waals surface area contributed by atoms with Gasteiger partial charge in [0.05, 0.1) is 12.3 Å². The molecule has 0 bridgehead atoms. The number of rotatable bonds is 11. The Hall–Kier alpha value is 0.350. The average molecular weight is 297 g/mol. The molecule has 0 aliphatic carbocycles. The van der Waals surface area contributed by atoms with Crippen molar-refractivity contribution in [3.63, 3.8) is 0 Å². The molecule has 3 atom stereocenters. The minimum Gasteiger partial charge on any atom is -1.00 e. The number of hydrogen-bond acceptors (Lipinski definition) is 4. The maximum atomic E-state index is 11.4. The summed E-state index contributed by atoms with van der Waals surface area (Å²) < 4.78 is 0. The molecule has 5 nitrogen and oxygen atoms in total. The standard InChI is InChI=1S/C14H31N3O2.Na.H/c1-4-5-6-7-8-9-10-13(14(18)19)17(11(2)15)12(3)16;;/h11-13H,4-10,15-16H2,1-3H3,(H,18,19);;/q;+1;-1. The van der Waals surface area contributed by atoms with Crippen LogP contribution in [0.25, 0.3) is 0 Å². The summed E-state index contributed by atoms with van der Waals surface area (Å²) >= 11 is 0. The van der Waals surface area contributed by atoms with Crippen LogP contribution in [-0.4, -0.2) is 34.3 Å². The van der Waals surface area contributed by atoms with Gasteiger partial charge in [0.25, 0.3) is 0 Å². The largest absolute Gasteiger partial charge is 1.00 e. The van der Waals surface area contributed by atoms with Gasteiger partial charge in [0.15, 0.2) is 0 Å². The topological polar surface area (TPSA) is 92.6 Å². The van der Waals surface area contributed by atoms with Gasteiger partial charge in [-0.3, -0.25) is 9.69 Å². The minimum absolute atomic E-state index is 0. The molecule has 0 heterocycles. The normalized spacial score (nSPS) is 15.5. The first-order valence-corrected chi connectivity index (χ1v) is 7.43. The Balaban J connectivity index is -0.00000162. The van der Waals surface area contributed by atoms with E-state index in [1.54, 1.807) is 18.7 Å². The number of aliphatic carboxylic acids is 1. The van der Waals surface area contributed by atoms with Crippen LogP contribution >= 0.6 is 0 Å². The molecular weight excluding hydrogens is 265 g/mol. The van der Waals surface area contributed by atoms with Crippen LogP contribution in [0.4, 0.5) is 0 Å². The second-order valence-electron chi connectivity index (χ2n) is 5.34. The molecule has 0 spiro atoms. The van der Waals surface area contributed by atoms with Gasteiger partial charge in [-0.1, -0.05) is 45.4 Å². The number of nitrogens with two attached hydrogens (primary N) is 2. The Kier molecular flexibility index (Phi) is 14.8. The molecule has 0 radical (unpaired) electrons. The molecule has 6 heteroatoms. The van der Waals surface area contributed by atoms with Crippen molar-refractivity contribution in [2.24, 2.45) is 11.5 Å². The first-order chi connectivity index (χ1) is 8.91. The summed E-state index contributed by atoms with van der Waals surface area (Å²) in [6.45, 7) is 5.74. The molecule has 0 aromatic heterocycles. The summed E-state index contributed by atoms with van der Waals surface area (Å²) in [4.78, 5) is 13.0. The van der Waals surface area contributed by atoms with Crippen molar-refractivity contribution in [1.82, 2.24) is 4.90 Å². The summed E-state index contributed by atoms with van der Waals surface area (Å²) in [6, 6.07) is -0.578. The van der Waals surface area contributed by atoms with Crippen LogP contribution in [0, 0.1) is 0 Å². The van der Waals surface area contributed by atoms with Crippen molar-refractivity contribution in [3.05, 3.63) is 0 Å². The van der Waals surface area contributed by atoms with Crippen molar-refractivity contribution >= 4 is 5.97 Å². The Labute approximate surface area is 147 Å². The first kappa shape index (κ1) is 22.6. The van der Waals surface area contributed by atoms with Crippen LogP contribution in [0.1, 0.15) is 67.1 Å². The molecule has 0 saturated carbocycles. The zero-order valence-corrected chi connectivity index (χ0v) is 15.6. The molecule has 0 aromatic rings. The third-order valence-corrected chi connectivity index (χ3v) is 3.42. The van der Waals surface area contributed by atoms with Gasteiger partial charge >= 0.3 is 35.5 Å². The SMILES string of the molecule is CCCCCCCCC(C(=O)O)N(C(C)N)C(C)N.[H-].[Na+]. The van der Waals surface area contributed by atoms with Gasteiger partial charge in [-0.25, -0.2) is 0 Å². The minimum atomic E-state index is -0.830. The van der Waals surface area contributed by atoms with Gasteiger partial charge in [-0.2, -0.15) is 0 Å². The van der Waals surface area contributed by atoms with E-state index < -0.39 is 12.0 Å². The van der Waals surface area contributed by atoms with Crippen molar-refractivity contribution in [2.75, 3.05) is 0 Å². The smallest absolute Gasteiger partial charge is 1.00 e. The predicted molar refractivity (Wildman–Crippen MR) is 79.7 cm³/mol. The van der Waals surface area contributed by atoms with Crippen molar-refractivity contribution in [1.29, 1.82) is 0 Å². The van der Waals surface area contributed by atoms with E-state index in [4.69, 9.17) is 11.5 Å². The maximum Gasteiger partial charge on any atom is 1.00 e. The zero-order chi connectivity index (χ0) is 14.8. The van der Waals surface area contributed by atoms with Gasteiger partial charge in [0.1, 0.15) is 6.04 Å². The van der Waals surface area contributed by atoms with E-state index in [9.17, 15) is 9.90 Å². The number of nitrogens with zero attached hydrogens (tertiary/aromatic N) is 1. The Bertz CT molecular complexity index is 248. The van der Waals surface area contributed by atoms with E-state index >= 15 is 0 Å². The molecule has 3 unspecified atom stereocenters. The molecule has 5 N–H and O–H groups in total. The van der Waals surface area contributed by atoms with Crippen LogP contribution in [0.3, 0.4) is 0 Å². The zero-order valence-electron chi connectivity index (χ0n) is 14.6. The molecule has 0 amide bonds. The fourth-order valence-corrected chi connectivity index (χ4v) is 2.46. The number of unbranched alkanes of at least 4 members (excludes halogenated alkanes) is 5. The van der Waals surface area contributed by atoms with Crippen LogP contribution in [0.5, 0.6) is 0 Å². The fourth-order valence-electron chi connectivity index (χ4n) is 2.46. The molecule has 0 aromatic carbocycles. The van der Waals surface area contributed by atoms with Crippen LogP contribution < -0.4 is 41.0 Å². The second-order valence-corrected chi connectivity index (χ2v) is 5.34. The summed E-state index contributed by atoms with van der Waals surface area (Å²) in [6.07, 6.45) is 6.81. The van der Waals surface area contributed by atoms with Gasteiger partial charge in [-0.05, 0) is 20.3 Å². The van der Waals surface area contributed by atoms with Crippen LogP contribution in [-0.2, 0) is 4.79 Å². The number of hydrogen-bond donors (Lipinski definition) is 3. The molecule has 0 aliphatic heterocycles. The summed E-state index contributed by atoms with van der Waals surface area (Å²) in [7, 11) is 0. The van der Waals surface area contributed by atoms with E-state index in [0.717, 1.165) is 12.8 Å². The first-order valence-electron chi connectivity index (χ1n) is 7.43. The fraction of sp³-hybridized carbons (Fsp3) is 0.929. The third-order valence-electron chi connectivity index (χ3n) is 3.42. The van der Waals surface area contributed by atoms with E-state index in [1.165, 1.54) is 25.7 Å². The summed E-state index contributed by atoms with van der Waals surface area (Å²) in [5, 5.41) is 9.33. The Morgan fingerprint density at radius 1 is 1.10 bits per heavy atom.